The van der Waals surface area contributed by atoms with Gasteiger partial charge in [-0.05, 0) is 37.5 Å². The number of hydrogen-bond acceptors (Lipinski definition) is 3. The van der Waals surface area contributed by atoms with Gasteiger partial charge in [0, 0.05) is 11.7 Å². The summed E-state index contributed by atoms with van der Waals surface area (Å²) >= 11 is 0. The van der Waals surface area contributed by atoms with Crippen molar-refractivity contribution in [2.45, 2.75) is 26.3 Å². The Hall–Kier alpha value is -2.68. The van der Waals surface area contributed by atoms with Crippen molar-refractivity contribution in [1.29, 1.82) is 0 Å². The van der Waals surface area contributed by atoms with E-state index in [2.05, 4.69) is 13.0 Å². The Kier molecular flexibility index (Phi) is 2.98. The molecule has 0 radical (unpaired) electrons. The molecule has 1 atom stereocenters. The number of benzene rings is 2. The van der Waals surface area contributed by atoms with Crippen molar-refractivity contribution in [3.05, 3.63) is 80.1 Å². The molecule has 3 aromatic rings. The lowest BCUT2D eigenvalue weighted by Gasteiger charge is -2.28. The number of anilines is 2. The average Bonchev–Trinajstić information content (AvgIpc) is 2.88. The van der Waals surface area contributed by atoms with Crippen LogP contribution in [-0.4, -0.2) is 6.04 Å². The summed E-state index contributed by atoms with van der Waals surface area (Å²) in [4.78, 5) is 26.5. The Morgan fingerprint density at radius 3 is 2.39 bits per heavy atom. The third-order valence-electron chi connectivity index (χ3n) is 4.67. The molecule has 0 saturated heterocycles. The van der Waals surface area contributed by atoms with E-state index in [0.29, 0.717) is 11.3 Å². The van der Waals surface area contributed by atoms with Crippen molar-refractivity contribution in [1.82, 2.24) is 0 Å². The van der Waals surface area contributed by atoms with Gasteiger partial charge in [-0.3, -0.25) is 9.59 Å². The molecule has 1 aliphatic heterocycles. The monoisotopic (exact) mass is 303 g/mol. The lowest BCUT2D eigenvalue weighted by molar-refractivity contribution is 0.755. The number of nitrogens with zero attached hydrogens (tertiary/aromatic N) is 1. The molecule has 0 N–H and O–H groups in total. The molecule has 0 bridgehead atoms. The quantitative estimate of drug-likeness (QED) is 0.681. The highest BCUT2D eigenvalue weighted by atomic mass is 16.2. The maximum absolute atomic E-state index is 12.3. The summed E-state index contributed by atoms with van der Waals surface area (Å²) in [7, 11) is 0. The molecule has 0 aromatic heterocycles. The molecule has 0 aliphatic carbocycles. The van der Waals surface area contributed by atoms with Crippen LogP contribution in [-0.2, 0) is 6.42 Å². The maximum Gasteiger partial charge on any atom is 0.250 e. The molecule has 0 amide bonds. The molecule has 4 rings (SSSR count). The Morgan fingerprint density at radius 2 is 1.65 bits per heavy atom. The summed E-state index contributed by atoms with van der Waals surface area (Å²) in [6.07, 6.45) is 0.891. The second-order valence-corrected chi connectivity index (χ2v) is 6.30. The van der Waals surface area contributed by atoms with Crippen molar-refractivity contribution in [3.63, 3.8) is 0 Å². The number of hydrogen-bond donors (Lipinski definition) is 0. The van der Waals surface area contributed by atoms with E-state index in [0.717, 1.165) is 23.2 Å². The van der Waals surface area contributed by atoms with Crippen LogP contribution >= 0.6 is 0 Å². The van der Waals surface area contributed by atoms with Crippen LogP contribution in [0.2, 0.25) is 0 Å². The van der Waals surface area contributed by atoms with Crippen LogP contribution in [0, 0.1) is 6.92 Å². The zero-order valence-electron chi connectivity index (χ0n) is 13.2. The Morgan fingerprint density at radius 1 is 0.957 bits per heavy atom. The molecule has 3 nitrogen and oxygen atoms in total. The number of para-hydroxylation sites is 1. The number of rotatable bonds is 2. The van der Waals surface area contributed by atoms with Crippen molar-refractivity contribution in [2.75, 3.05) is 4.90 Å². The fraction of sp³-hybridized carbons (Fsp3) is 0.200. The Balaban J connectivity index is 1.89. The van der Waals surface area contributed by atoms with Crippen molar-refractivity contribution >= 4 is 11.4 Å². The van der Waals surface area contributed by atoms with E-state index in [4.69, 9.17) is 0 Å². The highest BCUT2D eigenvalue weighted by Gasteiger charge is 2.35. The van der Waals surface area contributed by atoms with Crippen LogP contribution in [0.1, 0.15) is 18.1 Å². The smallest absolute Gasteiger partial charge is 0.250 e. The van der Waals surface area contributed by atoms with E-state index in [1.54, 1.807) is 0 Å². The van der Waals surface area contributed by atoms with E-state index in [-0.39, 0.29) is 16.9 Å². The van der Waals surface area contributed by atoms with Crippen molar-refractivity contribution in [3.8, 4) is 11.1 Å². The molecular formula is C20H17NO2. The van der Waals surface area contributed by atoms with Gasteiger partial charge in [-0.1, -0.05) is 48.0 Å². The lowest BCUT2D eigenvalue weighted by atomic mass is 9.96. The van der Waals surface area contributed by atoms with Gasteiger partial charge in [0.1, 0.15) is 5.69 Å². The lowest BCUT2D eigenvalue weighted by Crippen LogP contribution is -2.42. The third kappa shape index (κ3) is 1.96. The van der Waals surface area contributed by atoms with Gasteiger partial charge in [0.15, 0.2) is 0 Å². The first-order chi connectivity index (χ1) is 11.1. The summed E-state index contributed by atoms with van der Waals surface area (Å²) < 4.78 is 0. The van der Waals surface area contributed by atoms with Crippen LogP contribution in [0.4, 0.5) is 11.4 Å². The molecule has 0 unspecified atom stereocenters. The molecule has 3 heteroatoms. The van der Waals surface area contributed by atoms with E-state index in [1.807, 2.05) is 54.3 Å². The SMILES string of the molecule is Cc1ccc(-c2c(N3c4ccccc4C[C@@H]3C)c(=O)c2=O)cc1. The second-order valence-electron chi connectivity index (χ2n) is 6.30. The molecule has 0 spiro atoms. The van der Waals surface area contributed by atoms with Crippen LogP contribution in [0.3, 0.4) is 0 Å². The number of fused-ring (bicyclic) bond motifs is 1. The first kappa shape index (κ1) is 13.9. The van der Waals surface area contributed by atoms with Gasteiger partial charge in [-0.15, -0.1) is 0 Å². The van der Waals surface area contributed by atoms with Crippen LogP contribution < -0.4 is 15.8 Å². The molecule has 23 heavy (non-hydrogen) atoms. The molecule has 3 aromatic carbocycles. The van der Waals surface area contributed by atoms with Crippen LogP contribution in [0.25, 0.3) is 11.1 Å². The van der Waals surface area contributed by atoms with Crippen molar-refractivity contribution < 1.29 is 0 Å². The molecule has 0 fully saturated rings. The first-order valence-electron chi connectivity index (χ1n) is 7.85. The second kappa shape index (κ2) is 4.92. The molecule has 1 aliphatic rings. The van der Waals surface area contributed by atoms with Crippen LogP contribution in [0.5, 0.6) is 0 Å². The van der Waals surface area contributed by atoms with Gasteiger partial charge < -0.3 is 4.90 Å². The minimum atomic E-state index is -0.375. The summed E-state index contributed by atoms with van der Waals surface area (Å²) in [6.45, 7) is 4.10. The van der Waals surface area contributed by atoms with Gasteiger partial charge in [0.25, 0.3) is 5.43 Å². The van der Waals surface area contributed by atoms with E-state index >= 15 is 0 Å². The molecule has 114 valence electrons. The Labute approximate surface area is 134 Å². The van der Waals surface area contributed by atoms with Gasteiger partial charge in [0.05, 0.1) is 5.56 Å². The Bertz CT molecular complexity index is 962. The summed E-state index contributed by atoms with van der Waals surface area (Å²) in [5.74, 6) is 0. The highest BCUT2D eigenvalue weighted by Crippen LogP contribution is 2.40. The van der Waals surface area contributed by atoms with Gasteiger partial charge >= 0.3 is 0 Å². The zero-order chi connectivity index (χ0) is 16.1. The van der Waals surface area contributed by atoms with Gasteiger partial charge in [-0.25, -0.2) is 0 Å². The molecular weight excluding hydrogens is 286 g/mol. The predicted molar refractivity (Wildman–Crippen MR) is 93.3 cm³/mol. The summed E-state index contributed by atoms with van der Waals surface area (Å²) in [5.41, 5.74) is 4.59. The summed E-state index contributed by atoms with van der Waals surface area (Å²) in [6, 6.07) is 16.1. The fourth-order valence-electron chi connectivity index (χ4n) is 3.50. The fourth-order valence-corrected chi connectivity index (χ4v) is 3.50. The predicted octanol–water partition coefficient (Wildman–Crippen LogP) is 3.34. The number of aryl methyl sites for hydroxylation is 1. The highest BCUT2D eigenvalue weighted by molar-refractivity contribution is 5.88. The van der Waals surface area contributed by atoms with E-state index in [9.17, 15) is 9.59 Å². The van der Waals surface area contributed by atoms with Gasteiger partial charge in [0.2, 0.25) is 5.43 Å². The summed E-state index contributed by atoms with van der Waals surface area (Å²) in [5, 5.41) is 0. The van der Waals surface area contributed by atoms with Crippen molar-refractivity contribution in [2.24, 2.45) is 0 Å². The normalized spacial score (nSPS) is 16.8. The van der Waals surface area contributed by atoms with E-state index < -0.39 is 0 Å². The largest absolute Gasteiger partial charge is 0.334 e. The zero-order valence-corrected chi connectivity index (χ0v) is 13.2. The molecule has 1 heterocycles. The minimum Gasteiger partial charge on any atom is -0.334 e. The minimum absolute atomic E-state index is 0.180. The maximum atomic E-state index is 12.3. The average molecular weight is 303 g/mol. The van der Waals surface area contributed by atoms with Gasteiger partial charge in [-0.2, -0.15) is 0 Å². The van der Waals surface area contributed by atoms with Crippen LogP contribution in [0.15, 0.2) is 58.1 Å². The topological polar surface area (TPSA) is 37.4 Å². The first-order valence-corrected chi connectivity index (χ1v) is 7.85. The molecule has 0 saturated carbocycles. The standard InChI is InChI=1S/C20H17NO2/c1-12-7-9-14(10-8-12)17-18(20(23)19(17)22)21-13(2)11-15-5-3-4-6-16(15)21/h3-10,13H,11H2,1-2H3/t13-/m0/s1. The third-order valence-corrected chi connectivity index (χ3v) is 4.67. The van der Waals surface area contributed by atoms with E-state index in [1.165, 1.54) is 5.56 Å².